The monoisotopic (exact) mass is 246 g/mol. The molecule has 2 saturated carbocycles. The van der Waals surface area contributed by atoms with E-state index in [1.165, 1.54) is 18.4 Å². The topological polar surface area (TPSA) is 40.5 Å². The summed E-state index contributed by atoms with van der Waals surface area (Å²) in [5.74, 6) is 1.62. The van der Waals surface area contributed by atoms with Gasteiger partial charge in [0.1, 0.15) is 5.75 Å². The van der Waals surface area contributed by atoms with Crippen LogP contribution in [0, 0.1) is 11.3 Å². The van der Waals surface area contributed by atoms with Crippen LogP contribution in [0.1, 0.15) is 50.5 Å². The molecular weight excluding hydrogens is 224 g/mol. The normalized spacial score (nSPS) is 39.6. The third kappa shape index (κ3) is 1.83. The number of benzene rings is 1. The molecule has 0 aliphatic heterocycles. The van der Waals surface area contributed by atoms with Crippen LogP contribution >= 0.6 is 0 Å². The molecule has 0 aromatic heterocycles. The molecule has 0 spiro atoms. The first kappa shape index (κ1) is 12.0. The summed E-state index contributed by atoms with van der Waals surface area (Å²) in [5.41, 5.74) is 1.50. The number of phenolic OH excluding ortho intramolecular Hbond substituents is 1. The molecule has 98 valence electrons. The minimum Gasteiger partial charge on any atom is -0.508 e. The van der Waals surface area contributed by atoms with Gasteiger partial charge in [0.2, 0.25) is 0 Å². The first-order valence-corrected chi connectivity index (χ1v) is 7.06. The first-order chi connectivity index (χ1) is 8.59. The van der Waals surface area contributed by atoms with Crippen LogP contribution < -0.4 is 0 Å². The van der Waals surface area contributed by atoms with Crippen LogP contribution in [0.15, 0.2) is 24.3 Å². The lowest BCUT2D eigenvalue weighted by molar-refractivity contribution is 0.00872. The summed E-state index contributed by atoms with van der Waals surface area (Å²) in [7, 11) is 0. The predicted molar refractivity (Wildman–Crippen MR) is 71.5 cm³/mol. The average molecular weight is 246 g/mol. The summed E-state index contributed by atoms with van der Waals surface area (Å²) in [4.78, 5) is 0. The Balaban J connectivity index is 1.77. The van der Waals surface area contributed by atoms with E-state index in [4.69, 9.17) is 0 Å². The summed E-state index contributed by atoms with van der Waals surface area (Å²) in [5, 5.41) is 19.5. The van der Waals surface area contributed by atoms with E-state index in [-0.39, 0.29) is 11.5 Å². The zero-order chi connectivity index (χ0) is 12.8. The smallest absolute Gasteiger partial charge is 0.115 e. The Hall–Kier alpha value is -1.02. The molecule has 4 atom stereocenters. The summed E-state index contributed by atoms with van der Waals surface area (Å²) in [6, 6.07) is 7.67. The number of hydrogen-bond acceptors (Lipinski definition) is 2. The predicted octanol–water partition coefficient (Wildman–Crippen LogP) is 3.44. The number of hydrogen-bond donors (Lipinski definition) is 2. The van der Waals surface area contributed by atoms with Crippen molar-refractivity contribution in [3.63, 3.8) is 0 Å². The Morgan fingerprint density at radius 3 is 2.56 bits per heavy atom. The summed E-state index contributed by atoms with van der Waals surface area (Å²) in [6.45, 7) is 2.27. The average Bonchev–Trinajstić information content (AvgIpc) is 2.66. The van der Waals surface area contributed by atoms with Crippen molar-refractivity contribution >= 4 is 0 Å². The number of aliphatic hydroxyl groups is 1. The maximum Gasteiger partial charge on any atom is 0.115 e. The highest BCUT2D eigenvalue weighted by atomic mass is 16.3. The molecule has 2 fully saturated rings. The lowest BCUT2D eigenvalue weighted by atomic mass is 9.64. The van der Waals surface area contributed by atoms with Gasteiger partial charge in [0.05, 0.1) is 6.10 Å². The highest BCUT2D eigenvalue weighted by Gasteiger charge is 2.48. The molecule has 0 bridgehead atoms. The number of phenols is 1. The number of aliphatic hydroxyl groups excluding tert-OH is 1. The van der Waals surface area contributed by atoms with Crippen molar-refractivity contribution in [3.8, 4) is 5.75 Å². The van der Waals surface area contributed by atoms with Gasteiger partial charge in [-0.15, -0.1) is 0 Å². The molecule has 18 heavy (non-hydrogen) atoms. The Morgan fingerprint density at radius 1 is 1.11 bits per heavy atom. The molecule has 2 aliphatic rings. The SMILES string of the molecule is C[C@]12CC[C@H](c3ccc(O)cc3)C[C@H]1CC[C@@H]2O. The van der Waals surface area contributed by atoms with E-state index in [1.807, 2.05) is 12.1 Å². The first-order valence-electron chi connectivity index (χ1n) is 7.06. The largest absolute Gasteiger partial charge is 0.508 e. The molecular formula is C16H22O2. The van der Waals surface area contributed by atoms with E-state index in [1.54, 1.807) is 12.1 Å². The molecule has 2 N–H and O–H groups in total. The van der Waals surface area contributed by atoms with E-state index in [2.05, 4.69) is 6.92 Å². The molecule has 3 rings (SSSR count). The van der Waals surface area contributed by atoms with E-state index >= 15 is 0 Å². The lowest BCUT2D eigenvalue weighted by Crippen LogP contribution is -2.36. The van der Waals surface area contributed by atoms with Crippen LogP contribution in [0.2, 0.25) is 0 Å². The Morgan fingerprint density at radius 2 is 1.83 bits per heavy atom. The van der Waals surface area contributed by atoms with E-state index in [0.29, 0.717) is 17.6 Å². The van der Waals surface area contributed by atoms with Crippen molar-refractivity contribution in [2.24, 2.45) is 11.3 Å². The molecule has 2 heteroatoms. The van der Waals surface area contributed by atoms with E-state index in [9.17, 15) is 10.2 Å². The second-order valence-corrected chi connectivity index (χ2v) is 6.36. The highest BCUT2D eigenvalue weighted by Crippen LogP contribution is 2.55. The zero-order valence-electron chi connectivity index (χ0n) is 11.0. The van der Waals surface area contributed by atoms with Gasteiger partial charge in [0.25, 0.3) is 0 Å². The second kappa shape index (κ2) is 4.27. The number of rotatable bonds is 1. The van der Waals surface area contributed by atoms with Gasteiger partial charge in [-0.25, -0.2) is 0 Å². The van der Waals surface area contributed by atoms with Crippen molar-refractivity contribution in [3.05, 3.63) is 29.8 Å². The number of aromatic hydroxyl groups is 1. The van der Waals surface area contributed by atoms with Crippen LogP contribution in [0.3, 0.4) is 0 Å². The van der Waals surface area contributed by atoms with Gasteiger partial charge in [-0.05, 0) is 67.1 Å². The second-order valence-electron chi connectivity index (χ2n) is 6.36. The maximum absolute atomic E-state index is 10.1. The fourth-order valence-electron chi connectivity index (χ4n) is 4.04. The van der Waals surface area contributed by atoms with Crippen molar-refractivity contribution in [1.29, 1.82) is 0 Å². The van der Waals surface area contributed by atoms with Gasteiger partial charge in [0.15, 0.2) is 0 Å². The third-order valence-electron chi connectivity index (χ3n) is 5.45. The standard InChI is InChI=1S/C16H22O2/c1-16-9-8-12(10-13(16)4-7-15(16)18)11-2-5-14(17)6-3-11/h2-3,5-6,12-13,15,17-18H,4,7-10H2,1H3/t12-,13+,15-,16-/m0/s1. The molecule has 0 unspecified atom stereocenters. The molecule has 1 aromatic rings. The van der Waals surface area contributed by atoms with Crippen molar-refractivity contribution in [2.75, 3.05) is 0 Å². The van der Waals surface area contributed by atoms with Gasteiger partial charge in [-0.1, -0.05) is 19.1 Å². The maximum atomic E-state index is 10.1. The van der Waals surface area contributed by atoms with Gasteiger partial charge in [-0.3, -0.25) is 0 Å². The summed E-state index contributed by atoms with van der Waals surface area (Å²) >= 11 is 0. The van der Waals surface area contributed by atoms with Crippen molar-refractivity contribution in [2.45, 2.75) is 51.0 Å². The minimum absolute atomic E-state index is 0.0942. The minimum atomic E-state index is -0.0942. The quantitative estimate of drug-likeness (QED) is 0.797. The molecule has 2 nitrogen and oxygen atoms in total. The van der Waals surface area contributed by atoms with Crippen LogP contribution in [-0.4, -0.2) is 16.3 Å². The van der Waals surface area contributed by atoms with Crippen LogP contribution in [-0.2, 0) is 0 Å². The highest BCUT2D eigenvalue weighted by molar-refractivity contribution is 5.29. The Labute approximate surface area is 109 Å². The fourth-order valence-corrected chi connectivity index (χ4v) is 4.04. The molecule has 1 aromatic carbocycles. The van der Waals surface area contributed by atoms with Gasteiger partial charge in [-0.2, -0.15) is 0 Å². The molecule has 0 radical (unpaired) electrons. The summed E-state index contributed by atoms with van der Waals surface area (Å²) < 4.78 is 0. The molecule has 0 saturated heterocycles. The molecule has 0 heterocycles. The van der Waals surface area contributed by atoms with Gasteiger partial charge >= 0.3 is 0 Å². The molecule has 0 amide bonds. The van der Waals surface area contributed by atoms with E-state index < -0.39 is 0 Å². The number of fused-ring (bicyclic) bond motifs is 1. The van der Waals surface area contributed by atoms with Gasteiger partial charge < -0.3 is 10.2 Å². The Kier molecular flexibility index (Phi) is 2.86. The Bertz CT molecular complexity index is 425. The van der Waals surface area contributed by atoms with E-state index in [0.717, 1.165) is 19.3 Å². The lowest BCUT2D eigenvalue weighted by Gasteiger charge is -2.42. The van der Waals surface area contributed by atoms with Gasteiger partial charge in [0, 0.05) is 0 Å². The van der Waals surface area contributed by atoms with Crippen molar-refractivity contribution in [1.82, 2.24) is 0 Å². The molecule has 2 aliphatic carbocycles. The third-order valence-corrected chi connectivity index (χ3v) is 5.45. The van der Waals surface area contributed by atoms with Crippen LogP contribution in [0.4, 0.5) is 0 Å². The fraction of sp³-hybridized carbons (Fsp3) is 0.625. The summed E-state index contributed by atoms with van der Waals surface area (Å²) in [6.07, 6.45) is 5.54. The van der Waals surface area contributed by atoms with Crippen LogP contribution in [0.5, 0.6) is 5.75 Å². The zero-order valence-corrected chi connectivity index (χ0v) is 11.0. The van der Waals surface area contributed by atoms with Crippen molar-refractivity contribution < 1.29 is 10.2 Å². The van der Waals surface area contributed by atoms with Crippen LogP contribution in [0.25, 0.3) is 0 Å².